The van der Waals surface area contributed by atoms with Crippen molar-refractivity contribution in [1.82, 2.24) is 10.0 Å². The van der Waals surface area contributed by atoms with Gasteiger partial charge in [0.25, 0.3) is 0 Å². The van der Waals surface area contributed by atoms with E-state index in [4.69, 9.17) is 0 Å². The highest BCUT2D eigenvalue weighted by atomic mass is 32.2. The van der Waals surface area contributed by atoms with Gasteiger partial charge in [0.1, 0.15) is 0 Å². The van der Waals surface area contributed by atoms with E-state index in [1.165, 1.54) is 0 Å². The lowest BCUT2D eigenvalue weighted by atomic mass is 9.96. The molecule has 0 spiro atoms. The maximum Gasteiger partial charge on any atom is 0.211 e. The molecule has 1 aliphatic rings. The average molecular weight is 234 g/mol. The first-order valence-electron chi connectivity index (χ1n) is 5.76. The molecule has 4 nitrogen and oxygen atoms in total. The molecular weight excluding hydrogens is 212 g/mol. The summed E-state index contributed by atoms with van der Waals surface area (Å²) in [7, 11) is -3.07. The molecule has 2 atom stereocenters. The Labute approximate surface area is 92.9 Å². The van der Waals surface area contributed by atoms with Crippen molar-refractivity contribution in [1.29, 1.82) is 0 Å². The molecule has 0 aliphatic carbocycles. The highest BCUT2D eigenvalue weighted by Gasteiger charge is 2.24. The fourth-order valence-corrected chi connectivity index (χ4v) is 3.33. The summed E-state index contributed by atoms with van der Waals surface area (Å²) in [6, 6.07) is 0.0700. The minimum absolute atomic E-state index is 0.0700. The van der Waals surface area contributed by atoms with Gasteiger partial charge in [-0.25, -0.2) is 13.1 Å². The average Bonchev–Trinajstić information content (AvgIpc) is 2.18. The summed E-state index contributed by atoms with van der Waals surface area (Å²) in [6.45, 7) is 5.86. The van der Waals surface area contributed by atoms with Gasteiger partial charge >= 0.3 is 0 Å². The van der Waals surface area contributed by atoms with Crippen LogP contribution < -0.4 is 10.0 Å². The number of hydrogen-bond donors (Lipinski definition) is 2. The SMILES string of the molecule is CCCCS(=O)(=O)NC1CNCCC1C. The van der Waals surface area contributed by atoms with Gasteiger partial charge in [0.05, 0.1) is 5.75 Å². The fourth-order valence-electron chi connectivity index (χ4n) is 1.77. The van der Waals surface area contributed by atoms with Gasteiger partial charge in [-0.1, -0.05) is 20.3 Å². The van der Waals surface area contributed by atoms with Gasteiger partial charge in [-0.2, -0.15) is 0 Å². The quantitative estimate of drug-likeness (QED) is 0.736. The van der Waals surface area contributed by atoms with Gasteiger partial charge in [-0.3, -0.25) is 0 Å². The van der Waals surface area contributed by atoms with Crippen LogP contribution >= 0.6 is 0 Å². The van der Waals surface area contributed by atoms with E-state index in [2.05, 4.69) is 17.0 Å². The van der Waals surface area contributed by atoms with E-state index in [-0.39, 0.29) is 11.8 Å². The Balaban J connectivity index is 2.44. The van der Waals surface area contributed by atoms with Crippen molar-refractivity contribution in [2.24, 2.45) is 5.92 Å². The molecule has 1 fully saturated rings. The Morgan fingerprint density at radius 3 is 2.80 bits per heavy atom. The lowest BCUT2D eigenvalue weighted by Gasteiger charge is -2.29. The largest absolute Gasteiger partial charge is 0.315 e. The Kier molecular flexibility index (Phi) is 5.02. The van der Waals surface area contributed by atoms with Crippen LogP contribution in [0.4, 0.5) is 0 Å². The van der Waals surface area contributed by atoms with Gasteiger partial charge in [-0.05, 0) is 25.3 Å². The molecule has 0 amide bonds. The second-order valence-corrected chi connectivity index (χ2v) is 6.24. The first-order valence-corrected chi connectivity index (χ1v) is 7.41. The van der Waals surface area contributed by atoms with Gasteiger partial charge < -0.3 is 5.32 Å². The molecule has 0 radical (unpaired) electrons. The molecule has 15 heavy (non-hydrogen) atoms. The monoisotopic (exact) mass is 234 g/mol. The van der Waals surface area contributed by atoms with E-state index in [0.29, 0.717) is 5.92 Å². The first kappa shape index (κ1) is 12.9. The van der Waals surface area contributed by atoms with Crippen LogP contribution in [-0.4, -0.2) is 33.3 Å². The summed E-state index contributed by atoms with van der Waals surface area (Å²) < 4.78 is 26.1. The van der Waals surface area contributed by atoms with Crippen molar-refractivity contribution >= 4 is 10.0 Å². The van der Waals surface area contributed by atoms with Crippen LogP contribution in [0.25, 0.3) is 0 Å². The zero-order chi connectivity index (χ0) is 11.3. The number of rotatable bonds is 5. The maximum absolute atomic E-state index is 11.7. The summed E-state index contributed by atoms with van der Waals surface area (Å²) in [5.74, 6) is 0.690. The molecule has 0 bridgehead atoms. The van der Waals surface area contributed by atoms with E-state index < -0.39 is 10.0 Å². The predicted molar refractivity (Wildman–Crippen MR) is 62.3 cm³/mol. The van der Waals surface area contributed by atoms with Crippen LogP contribution in [0.5, 0.6) is 0 Å². The van der Waals surface area contributed by atoms with E-state index in [9.17, 15) is 8.42 Å². The van der Waals surface area contributed by atoms with Crippen LogP contribution in [0.2, 0.25) is 0 Å². The van der Waals surface area contributed by atoms with Gasteiger partial charge in [0.15, 0.2) is 0 Å². The Morgan fingerprint density at radius 1 is 1.47 bits per heavy atom. The number of unbranched alkanes of at least 4 members (excludes halogenated alkanes) is 1. The summed E-state index contributed by atoms with van der Waals surface area (Å²) >= 11 is 0. The van der Waals surface area contributed by atoms with Crippen LogP contribution in [0.1, 0.15) is 33.1 Å². The molecule has 0 aromatic carbocycles. The summed E-state index contributed by atoms with van der Waals surface area (Å²) in [5, 5.41) is 3.22. The normalized spacial score (nSPS) is 27.9. The molecule has 2 unspecified atom stereocenters. The molecule has 2 N–H and O–H groups in total. The van der Waals surface area contributed by atoms with E-state index >= 15 is 0 Å². The van der Waals surface area contributed by atoms with Crippen molar-refractivity contribution in [2.75, 3.05) is 18.8 Å². The third-order valence-corrected chi connectivity index (χ3v) is 4.41. The second-order valence-electron chi connectivity index (χ2n) is 4.37. The van der Waals surface area contributed by atoms with Gasteiger partial charge in [0.2, 0.25) is 10.0 Å². The molecule has 1 rings (SSSR count). The molecule has 5 heteroatoms. The lowest BCUT2D eigenvalue weighted by molar-refractivity contribution is 0.327. The van der Waals surface area contributed by atoms with Gasteiger partial charge in [0, 0.05) is 12.6 Å². The van der Waals surface area contributed by atoms with E-state index in [1.54, 1.807) is 0 Å². The molecule has 1 aliphatic heterocycles. The highest BCUT2D eigenvalue weighted by Crippen LogP contribution is 2.12. The Bertz CT molecular complexity index is 277. The number of piperidine rings is 1. The van der Waals surface area contributed by atoms with Crippen molar-refractivity contribution in [3.63, 3.8) is 0 Å². The van der Waals surface area contributed by atoms with Crippen LogP contribution in [0.15, 0.2) is 0 Å². The minimum Gasteiger partial charge on any atom is -0.315 e. The van der Waals surface area contributed by atoms with E-state index in [0.717, 1.165) is 32.4 Å². The van der Waals surface area contributed by atoms with Crippen LogP contribution in [0.3, 0.4) is 0 Å². The lowest BCUT2D eigenvalue weighted by Crippen LogP contribution is -2.50. The zero-order valence-corrected chi connectivity index (χ0v) is 10.4. The number of nitrogens with one attached hydrogen (secondary N) is 2. The highest BCUT2D eigenvalue weighted by molar-refractivity contribution is 7.89. The van der Waals surface area contributed by atoms with E-state index in [1.807, 2.05) is 6.92 Å². The first-order chi connectivity index (χ1) is 7.05. The Hall–Kier alpha value is -0.130. The third-order valence-electron chi connectivity index (χ3n) is 2.93. The molecule has 90 valence electrons. The maximum atomic E-state index is 11.7. The third kappa shape index (κ3) is 4.49. The summed E-state index contributed by atoms with van der Waals surface area (Å²) in [6.07, 6.45) is 2.70. The fraction of sp³-hybridized carbons (Fsp3) is 1.00. The zero-order valence-electron chi connectivity index (χ0n) is 9.62. The summed E-state index contributed by atoms with van der Waals surface area (Å²) in [5.41, 5.74) is 0. The second kappa shape index (κ2) is 5.82. The van der Waals surface area contributed by atoms with Crippen molar-refractivity contribution in [3.8, 4) is 0 Å². The number of sulfonamides is 1. The van der Waals surface area contributed by atoms with Crippen molar-refractivity contribution in [2.45, 2.75) is 39.2 Å². The molecule has 1 heterocycles. The summed E-state index contributed by atoms with van der Waals surface area (Å²) in [4.78, 5) is 0. The smallest absolute Gasteiger partial charge is 0.211 e. The molecule has 0 saturated carbocycles. The molecule has 0 aromatic rings. The van der Waals surface area contributed by atoms with Crippen LogP contribution in [0, 0.1) is 5.92 Å². The van der Waals surface area contributed by atoms with Crippen LogP contribution in [-0.2, 0) is 10.0 Å². The Morgan fingerprint density at radius 2 is 2.20 bits per heavy atom. The molecular formula is C10H22N2O2S. The standard InChI is InChI=1S/C10H22N2O2S/c1-3-4-7-15(13,14)12-10-8-11-6-5-9(10)2/h9-12H,3-8H2,1-2H3. The topological polar surface area (TPSA) is 58.2 Å². The predicted octanol–water partition coefficient (Wildman–Crippen LogP) is 0.704. The van der Waals surface area contributed by atoms with Crippen molar-refractivity contribution < 1.29 is 8.42 Å². The molecule has 0 aromatic heterocycles. The number of hydrogen-bond acceptors (Lipinski definition) is 3. The van der Waals surface area contributed by atoms with Crippen molar-refractivity contribution in [3.05, 3.63) is 0 Å². The van der Waals surface area contributed by atoms with Gasteiger partial charge in [-0.15, -0.1) is 0 Å². The molecule has 1 saturated heterocycles. The minimum atomic E-state index is -3.07.